The van der Waals surface area contributed by atoms with Crippen LogP contribution in [0.2, 0.25) is 0 Å². The molecular formula is C14H24N2O5. The van der Waals surface area contributed by atoms with Crippen LogP contribution in [0.4, 0.5) is 4.79 Å². The molecular weight excluding hydrogens is 276 g/mol. The molecule has 0 aliphatic carbocycles. The molecule has 0 saturated carbocycles. The monoisotopic (exact) mass is 300 g/mol. The van der Waals surface area contributed by atoms with Crippen molar-refractivity contribution in [3.05, 3.63) is 0 Å². The van der Waals surface area contributed by atoms with Crippen LogP contribution in [0.25, 0.3) is 0 Å². The van der Waals surface area contributed by atoms with Crippen LogP contribution in [0, 0.1) is 5.92 Å². The summed E-state index contributed by atoms with van der Waals surface area (Å²) in [5.41, 5.74) is 0. The van der Waals surface area contributed by atoms with Crippen LogP contribution in [0.1, 0.15) is 33.1 Å². The number of hydrogen-bond donors (Lipinski definition) is 1. The summed E-state index contributed by atoms with van der Waals surface area (Å²) >= 11 is 0. The van der Waals surface area contributed by atoms with E-state index in [1.54, 1.807) is 11.8 Å². The fourth-order valence-electron chi connectivity index (χ4n) is 2.39. The van der Waals surface area contributed by atoms with Crippen LogP contribution in [0.3, 0.4) is 0 Å². The summed E-state index contributed by atoms with van der Waals surface area (Å²) < 4.78 is 4.88. The molecule has 120 valence electrons. The largest absolute Gasteiger partial charge is 0.481 e. The first-order chi connectivity index (χ1) is 9.99. The lowest BCUT2D eigenvalue weighted by atomic mass is 9.97. The molecule has 0 radical (unpaired) electrons. The Bertz CT molecular complexity index is 378. The Balaban J connectivity index is 2.56. The second-order valence-electron chi connectivity index (χ2n) is 5.11. The van der Waals surface area contributed by atoms with Crippen molar-refractivity contribution in [3.63, 3.8) is 0 Å². The average Bonchev–Trinajstić information content (AvgIpc) is 2.46. The quantitative estimate of drug-likeness (QED) is 0.744. The minimum atomic E-state index is -0.806. The zero-order chi connectivity index (χ0) is 15.8. The van der Waals surface area contributed by atoms with Crippen LogP contribution >= 0.6 is 0 Å². The van der Waals surface area contributed by atoms with Gasteiger partial charge in [0.2, 0.25) is 0 Å². The number of nitrogens with zero attached hydrogens (tertiary/aromatic N) is 2. The van der Waals surface area contributed by atoms with Gasteiger partial charge in [0.15, 0.2) is 0 Å². The average molecular weight is 300 g/mol. The second kappa shape index (κ2) is 8.49. The third-order valence-corrected chi connectivity index (χ3v) is 3.50. The predicted octanol–water partition coefficient (Wildman–Crippen LogP) is 1.18. The lowest BCUT2D eigenvalue weighted by Crippen LogP contribution is -2.49. The Labute approximate surface area is 124 Å². The van der Waals surface area contributed by atoms with Gasteiger partial charge in [-0.15, -0.1) is 0 Å². The van der Waals surface area contributed by atoms with Crippen molar-refractivity contribution in [2.24, 2.45) is 5.92 Å². The van der Waals surface area contributed by atoms with E-state index >= 15 is 0 Å². The van der Waals surface area contributed by atoms with Crippen molar-refractivity contribution in [1.29, 1.82) is 0 Å². The summed E-state index contributed by atoms with van der Waals surface area (Å²) in [6.45, 7) is 5.20. The lowest BCUT2D eigenvalue weighted by molar-refractivity contribution is -0.144. The first-order valence-corrected chi connectivity index (χ1v) is 7.41. The molecule has 0 aromatic heterocycles. The maximum absolute atomic E-state index is 12.4. The molecule has 0 unspecified atom stereocenters. The maximum atomic E-state index is 12.4. The van der Waals surface area contributed by atoms with Gasteiger partial charge in [-0.25, -0.2) is 4.79 Å². The van der Waals surface area contributed by atoms with Crippen molar-refractivity contribution >= 4 is 18.0 Å². The van der Waals surface area contributed by atoms with E-state index in [4.69, 9.17) is 9.84 Å². The van der Waals surface area contributed by atoms with Gasteiger partial charge in [-0.2, -0.15) is 0 Å². The summed E-state index contributed by atoms with van der Waals surface area (Å²) in [4.78, 5) is 37.9. The molecule has 7 nitrogen and oxygen atoms in total. The molecule has 2 amide bonds. The van der Waals surface area contributed by atoms with Crippen LogP contribution in [-0.2, 0) is 14.3 Å². The third kappa shape index (κ3) is 5.24. The van der Waals surface area contributed by atoms with Gasteiger partial charge in [-0.05, 0) is 26.2 Å². The molecule has 1 aliphatic rings. The van der Waals surface area contributed by atoms with Gasteiger partial charge in [-0.1, -0.05) is 6.92 Å². The molecule has 1 rings (SSSR count). The van der Waals surface area contributed by atoms with Crippen molar-refractivity contribution in [3.8, 4) is 0 Å². The van der Waals surface area contributed by atoms with E-state index in [2.05, 4.69) is 0 Å². The van der Waals surface area contributed by atoms with Gasteiger partial charge in [0.1, 0.15) is 6.54 Å². The fourth-order valence-corrected chi connectivity index (χ4v) is 2.39. The Hall–Kier alpha value is -1.79. The van der Waals surface area contributed by atoms with E-state index in [1.807, 2.05) is 6.92 Å². The van der Waals surface area contributed by atoms with E-state index in [9.17, 15) is 14.4 Å². The van der Waals surface area contributed by atoms with Gasteiger partial charge < -0.3 is 19.6 Å². The number of rotatable bonds is 6. The Morgan fingerprint density at radius 3 is 2.33 bits per heavy atom. The molecule has 0 aromatic carbocycles. The number of aliphatic carboxylic acids is 1. The number of carbonyl (C=O) groups is 3. The molecule has 0 atom stereocenters. The topological polar surface area (TPSA) is 87.2 Å². The first kappa shape index (κ1) is 17.3. The lowest BCUT2D eigenvalue weighted by Gasteiger charge is -2.34. The summed E-state index contributed by atoms with van der Waals surface area (Å²) in [7, 11) is 0. The van der Waals surface area contributed by atoms with Gasteiger partial charge >= 0.3 is 18.0 Å². The standard InChI is InChI=1S/C14H24N2O5/c1-3-7-16(10-12(17)21-4-2)14(20)15-8-5-11(6-9-15)13(18)19/h11H,3-10H2,1-2H3,(H,18,19). The number of likely N-dealkylation sites (tertiary alicyclic amines) is 1. The van der Waals surface area contributed by atoms with Gasteiger partial charge in [0.25, 0.3) is 0 Å². The van der Waals surface area contributed by atoms with Crippen LogP contribution in [0.15, 0.2) is 0 Å². The van der Waals surface area contributed by atoms with Crippen molar-refractivity contribution in [2.75, 3.05) is 32.8 Å². The highest BCUT2D eigenvalue weighted by Crippen LogP contribution is 2.18. The number of ether oxygens (including phenoxy) is 1. The van der Waals surface area contributed by atoms with Gasteiger partial charge in [-0.3, -0.25) is 9.59 Å². The molecule has 21 heavy (non-hydrogen) atoms. The number of carbonyl (C=O) groups excluding carboxylic acids is 2. The summed E-state index contributed by atoms with van der Waals surface area (Å²) in [5.74, 6) is -1.60. The van der Waals surface area contributed by atoms with Crippen molar-refractivity contribution in [2.45, 2.75) is 33.1 Å². The number of urea groups is 1. The van der Waals surface area contributed by atoms with E-state index in [0.717, 1.165) is 6.42 Å². The molecule has 1 aliphatic heterocycles. The summed E-state index contributed by atoms with van der Waals surface area (Å²) in [5, 5.41) is 8.96. The highest BCUT2D eigenvalue weighted by molar-refractivity contribution is 5.81. The van der Waals surface area contributed by atoms with Crippen molar-refractivity contribution < 1.29 is 24.2 Å². The number of hydrogen-bond acceptors (Lipinski definition) is 4. The zero-order valence-electron chi connectivity index (χ0n) is 12.7. The highest BCUT2D eigenvalue weighted by atomic mass is 16.5. The highest BCUT2D eigenvalue weighted by Gasteiger charge is 2.29. The van der Waals surface area contributed by atoms with E-state index in [-0.39, 0.29) is 25.1 Å². The van der Waals surface area contributed by atoms with Crippen LogP contribution in [0.5, 0.6) is 0 Å². The molecule has 7 heteroatoms. The van der Waals surface area contributed by atoms with E-state index < -0.39 is 11.9 Å². The smallest absolute Gasteiger partial charge is 0.325 e. The molecule has 1 saturated heterocycles. The van der Waals surface area contributed by atoms with Gasteiger partial charge in [0.05, 0.1) is 12.5 Å². The molecule has 1 heterocycles. The SMILES string of the molecule is CCCN(CC(=O)OCC)C(=O)N1CCC(C(=O)O)CC1. The number of carboxylic acid groups (broad SMARTS) is 1. The molecule has 1 fully saturated rings. The van der Waals surface area contributed by atoms with Gasteiger partial charge in [0, 0.05) is 19.6 Å². The minimum absolute atomic E-state index is 0.0562. The Morgan fingerprint density at radius 2 is 1.86 bits per heavy atom. The Kier molecular flexibility index (Phi) is 6.98. The van der Waals surface area contributed by atoms with Crippen LogP contribution < -0.4 is 0 Å². The molecule has 0 spiro atoms. The molecule has 0 bridgehead atoms. The predicted molar refractivity (Wildman–Crippen MR) is 75.8 cm³/mol. The molecule has 0 aromatic rings. The van der Waals surface area contributed by atoms with E-state index in [0.29, 0.717) is 32.5 Å². The fraction of sp³-hybridized carbons (Fsp3) is 0.786. The minimum Gasteiger partial charge on any atom is -0.481 e. The van der Waals surface area contributed by atoms with Crippen LogP contribution in [-0.4, -0.2) is 65.7 Å². The molecule has 1 N–H and O–H groups in total. The number of esters is 1. The summed E-state index contributed by atoms with van der Waals surface area (Å²) in [6, 6.07) is -0.214. The van der Waals surface area contributed by atoms with Crippen molar-refractivity contribution in [1.82, 2.24) is 9.80 Å². The number of carboxylic acids is 1. The maximum Gasteiger partial charge on any atom is 0.325 e. The Morgan fingerprint density at radius 1 is 1.24 bits per heavy atom. The number of piperidine rings is 1. The first-order valence-electron chi connectivity index (χ1n) is 7.41. The normalized spacial score (nSPS) is 15.6. The number of amides is 2. The third-order valence-electron chi connectivity index (χ3n) is 3.50. The summed E-state index contributed by atoms with van der Waals surface area (Å²) in [6.07, 6.45) is 1.66. The second-order valence-corrected chi connectivity index (χ2v) is 5.11. The van der Waals surface area contributed by atoms with E-state index in [1.165, 1.54) is 4.90 Å². The zero-order valence-corrected chi connectivity index (χ0v) is 12.7.